The van der Waals surface area contributed by atoms with Gasteiger partial charge in [0.25, 0.3) is 0 Å². The van der Waals surface area contributed by atoms with E-state index in [1.165, 1.54) is 0 Å². The van der Waals surface area contributed by atoms with Crippen LogP contribution in [-0.2, 0) is 9.59 Å². The van der Waals surface area contributed by atoms with Crippen molar-refractivity contribution in [2.75, 3.05) is 26.7 Å². The maximum absolute atomic E-state index is 12.0. The molecular weight excluding hydrogens is 262 g/mol. The number of amides is 2. The molecular formula is C13H23N3O2S. The van der Waals surface area contributed by atoms with Crippen LogP contribution in [0.15, 0.2) is 0 Å². The molecule has 0 aromatic rings. The van der Waals surface area contributed by atoms with E-state index in [0.29, 0.717) is 36.8 Å². The van der Waals surface area contributed by atoms with Gasteiger partial charge in [0.15, 0.2) is 0 Å². The van der Waals surface area contributed by atoms with E-state index in [-0.39, 0.29) is 18.4 Å². The van der Waals surface area contributed by atoms with Crippen molar-refractivity contribution in [1.29, 1.82) is 0 Å². The monoisotopic (exact) mass is 285 g/mol. The zero-order chi connectivity index (χ0) is 14.4. The second-order valence-corrected chi connectivity index (χ2v) is 5.80. The van der Waals surface area contributed by atoms with Gasteiger partial charge in [0.1, 0.15) is 0 Å². The largest absolute Gasteiger partial charge is 0.393 e. The van der Waals surface area contributed by atoms with Crippen molar-refractivity contribution < 1.29 is 9.59 Å². The third-order valence-electron chi connectivity index (χ3n) is 3.54. The SMILES string of the molecule is CC1CCC(=O)N(CC(=O)N(C)CCC(N)=S)CC1. The Hall–Kier alpha value is -1.17. The summed E-state index contributed by atoms with van der Waals surface area (Å²) in [7, 11) is 1.71. The van der Waals surface area contributed by atoms with Gasteiger partial charge < -0.3 is 15.5 Å². The molecule has 1 heterocycles. The molecule has 0 radical (unpaired) electrons. The molecule has 0 spiro atoms. The highest BCUT2D eigenvalue weighted by molar-refractivity contribution is 7.80. The maximum atomic E-state index is 12.0. The van der Waals surface area contributed by atoms with Crippen LogP contribution in [-0.4, -0.2) is 53.3 Å². The number of nitrogens with two attached hydrogens (primary N) is 1. The van der Waals surface area contributed by atoms with E-state index in [4.69, 9.17) is 18.0 Å². The fourth-order valence-electron chi connectivity index (χ4n) is 2.03. The highest BCUT2D eigenvalue weighted by Gasteiger charge is 2.23. The van der Waals surface area contributed by atoms with Crippen molar-refractivity contribution in [3.63, 3.8) is 0 Å². The fraction of sp³-hybridized carbons (Fsp3) is 0.769. The van der Waals surface area contributed by atoms with Crippen LogP contribution in [0, 0.1) is 5.92 Å². The van der Waals surface area contributed by atoms with Gasteiger partial charge in [0.2, 0.25) is 11.8 Å². The van der Waals surface area contributed by atoms with Crippen LogP contribution in [0.5, 0.6) is 0 Å². The van der Waals surface area contributed by atoms with Crippen LogP contribution in [0.2, 0.25) is 0 Å². The molecule has 6 heteroatoms. The first kappa shape index (κ1) is 15.9. The van der Waals surface area contributed by atoms with Crippen LogP contribution in [0.25, 0.3) is 0 Å². The van der Waals surface area contributed by atoms with E-state index in [0.717, 1.165) is 12.8 Å². The molecule has 1 rings (SSSR count). The summed E-state index contributed by atoms with van der Waals surface area (Å²) in [6, 6.07) is 0. The van der Waals surface area contributed by atoms with Crippen molar-refractivity contribution in [2.24, 2.45) is 11.7 Å². The summed E-state index contributed by atoms with van der Waals surface area (Å²) in [5.74, 6) is 0.580. The van der Waals surface area contributed by atoms with Gasteiger partial charge >= 0.3 is 0 Å². The number of likely N-dealkylation sites (N-methyl/N-ethyl adjacent to an activating group) is 1. The molecule has 0 aromatic heterocycles. The van der Waals surface area contributed by atoms with Crippen molar-refractivity contribution in [3.8, 4) is 0 Å². The van der Waals surface area contributed by atoms with Gasteiger partial charge in [-0.15, -0.1) is 0 Å². The van der Waals surface area contributed by atoms with Crippen molar-refractivity contribution >= 4 is 29.0 Å². The quantitative estimate of drug-likeness (QED) is 0.758. The van der Waals surface area contributed by atoms with Gasteiger partial charge in [-0.1, -0.05) is 19.1 Å². The fourth-order valence-corrected chi connectivity index (χ4v) is 2.12. The third-order valence-corrected chi connectivity index (χ3v) is 3.75. The predicted molar refractivity (Wildman–Crippen MR) is 78.6 cm³/mol. The zero-order valence-electron chi connectivity index (χ0n) is 11.7. The van der Waals surface area contributed by atoms with Crippen LogP contribution in [0.1, 0.15) is 32.6 Å². The summed E-state index contributed by atoms with van der Waals surface area (Å²) in [5.41, 5.74) is 5.41. The molecule has 0 aliphatic carbocycles. The van der Waals surface area contributed by atoms with Crippen molar-refractivity contribution in [3.05, 3.63) is 0 Å². The molecule has 1 aliphatic rings. The summed E-state index contributed by atoms with van der Waals surface area (Å²) >= 11 is 4.79. The lowest BCUT2D eigenvalue weighted by molar-refractivity contribution is -0.139. The molecule has 0 saturated carbocycles. The summed E-state index contributed by atoms with van der Waals surface area (Å²) in [5, 5.41) is 0. The first-order chi connectivity index (χ1) is 8.90. The molecule has 19 heavy (non-hydrogen) atoms. The number of nitrogens with zero attached hydrogens (tertiary/aromatic N) is 2. The molecule has 1 atom stereocenters. The predicted octanol–water partition coefficient (Wildman–Crippen LogP) is 0.770. The van der Waals surface area contributed by atoms with Crippen molar-refractivity contribution in [1.82, 2.24) is 9.80 Å². The van der Waals surface area contributed by atoms with E-state index in [1.807, 2.05) is 0 Å². The summed E-state index contributed by atoms with van der Waals surface area (Å²) in [6.45, 7) is 3.49. The second kappa shape index (κ2) is 7.43. The van der Waals surface area contributed by atoms with Gasteiger partial charge in [-0.05, 0) is 18.8 Å². The minimum absolute atomic E-state index is 0.0563. The van der Waals surface area contributed by atoms with Crippen LogP contribution < -0.4 is 5.73 Å². The minimum Gasteiger partial charge on any atom is -0.393 e. The average molecular weight is 285 g/mol. The van der Waals surface area contributed by atoms with Crippen LogP contribution >= 0.6 is 12.2 Å². The highest BCUT2D eigenvalue weighted by Crippen LogP contribution is 2.17. The first-order valence-electron chi connectivity index (χ1n) is 6.70. The van der Waals surface area contributed by atoms with Gasteiger partial charge in [-0.3, -0.25) is 9.59 Å². The molecule has 1 unspecified atom stereocenters. The first-order valence-corrected chi connectivity index (χ1v) is 7.11. The standard InChI is InChI=1S/C13H23N3O2S/c1-10-3-4-12(17)16(8-5-10)9-13(18)15(2)7-6-11(14)19/h10H,3-9H2,1-2H3,(H2,14,19). The Bertz CT molecular complexity index is 360. The Morgan fingerprint density at radius 3 is 2.84 bits per heavy atom. The Labute approximate surface area is 120 Å². The Morgan fingerprint density at radius 2 is 2.21 bits per heavy atom. The molecule has 5 nitrogen and oxygen atoms in total. The molecule has 1 saturated heterocycles. The van der Waals surface area contributed by atoms with E-state index in [1.54, 1.807) is 16.8 Å². The molecule has 1 fully saturated rings. The molecule has 0 bridgehead atoms. The number of carbonyl (C=O) groups excluding carboxylic acids is 2. The van der Waals surface area contributed by atoms with E-state index >= 15 is 0 Å². The summed E-state index contributed by atoms with van der Waals surface area (Å²) in [6.07, 6.45) is 2.95. The lowest BCUT2D eigenvalue weighted by atomic mass is 10.0. The molecule has 2 N–H and O–H groups in total. The van der Waals surface area contributed by atoms with E-state index < -0.39 is 0 Å². The number of hydrogen-bond acceptors (Lipinski definition) is 3. The minimum atomic E-state index is -0.0563. The summed E-state index contributed by atoms with van der Waals surface area (Å²) < 4.78 is 0. The lowest BCUT2D eigenvalue weighted by Gasteiger charge is -2.24. The number of rotatable bonds is 5. The Morgan fingerprint density at radius 1 is 1.53 bits per heavy atom. The van der Waals surface area contributed by atoms with Gasteiger partial charge in [-0.25, -0.2) is 0 Å². The average Bonchev–Trinajstić information content (AvgIpc) is 2.51. The van der Waals surface area contributed by atoms with Crippen molar-refractivity contribution in [2.45, 2.75) is 32.6 Å². The lowest BCUT2D eigenvalue weighted by Crippen LogP contribution is -2.42. The van der Waals surface area contributed by atoms with E-state index in [9.17, 15) is 9.59 Å². The second-order valence-electron chi connectivity index (χ2n) is 5.28. The highest BCUT2D eigenvalue weighted by atomic mass is 32.1. The summed E-state index contributed by atoms with van der Waals surface area (Å²) in [4.78, 5) is 27.6. The smallest absolute Gasteiger partial charge is 0.241 e. The Balaban J connectivity index is 2.45. The molecule has 1 aliphatic heterocycles. The molecule has 0 aromatic carbocycles. The van der Waals surface area contributed by atoms with Crippen LogP contribution in [0.4, 0.5) is 0 Å². The van der Waals surface area contributed by atoms with Gasteiger partial charge in [-0.2, -0.15) is 0 Å². The van der Waals surface area contributed by atoms with Gasteiger partial charge in [0.05, 0.1) is 11.5 Å². The van der Waals surface area contributed by atoms with E-state index in [2.05, 4.69) is 6.92 Å². The number of hydrogen-bond donors (Lipinski definition) is 1. The third kappa shape index (κ3) is 5.55. The molecule has 108 valence electrons. The molecule has 2 amide bonds. The number of likely N-dealkylation sites (tertiary alicyclic amines) is 1. The van der Waals surface area contributed by atoms with Gasteiger partial charge in [0, 0.05) is 33.0 Å². The van der Waals surface area contributed by atoms with Crippen LogP contribution in [0.3, 0.4) is 0 Å². The number of thiocarbonyl (C=S) groups is 1. The number of carbonyl (C=O) groups is 2. The topological polar surface area (TPSA) is 66.6 Å². The maximum Gasteiger partial charge on any atom is 0.241 e. The zero-order valence-corrected chi connectivity index (χ0v) is 12.5. The normalized spacial score (nSPS) is 20.0. The Kier molecular flexibility index (Phi) is 6.21.